The fourth-order valence-corrected chi connectivity index (χ4v) is 2.63. The topological polar surface area (TPSA) is 40.9 Å². The van der Waals surface area contributed by atoms with Crippen molar-refractivity contribution in [1.29, 1.82) is 5.26 Å². The molecule has 1 aliphatic rings. The van der Waals surface area contributed by atoms with Gasteiger partial charge in [0.05, 0.1) is 11.5 Å². The Labute approximate surface area is 112 Å². The van der Waals surface area contributed by atoms with Crippen molar-refractivity contribution in [2.75, 3.05) is 0 Å². The van der Waals surface area contributed by atoms with Gasteiger partial charge in [0, 0.05) is 11.5 Å². The number of hydrogen-bond donors (Lipinski definition) is 0. The van der Waals surface area contributed by atoms with Crippen LogP contribution in [0.5, 0.6) is 0 Å². The number of carbonyl (C=O) groups is 1. The van der Waals surface area contributed by atoms with E-state index in [1.54, 1.807) is 0 Å². The van der Waals surface area contributed by atoms with Gasteiger partial charge in [-0.05, 0) is 12.0 Å². The van der Waals surface area contributed by atoms with Gasteiger partial charge < -0.3 is 0 Å². The predicted molar refractivity (Wildman–Crippen MR) is 72.6 cm³/mol. The first-order valence-electron chi connectivity index (χ1n) is 6.34. The van der Waals surface area contributed by atoms with E-state index in [1.165, 1.54) is 0 Å². The number of carbonyl (C=O) groups excluding carboxylic acids is 1. The van der Waals surface area contributed by atoms with Gasteiger partial charge in [-0.25, -0.2) is 0 Å². The van der Waals surface area contributed by atoms with Crippen molar-refractivity contribution in [3.63, 3.8) is 0 Å². The van der Waals surface area contributed by atoms with Crippen LogP contribution in [-0.2, 0) is 5.41 Å². The molecule has 0 N–H and O–H groups in total. The summed E-state index contributed by atoms with van der Waals surface area (Å²) >= 11 is 0. The zero-order valence-corrected chi connectivity index (χ0v) is 10.4. The number of ketones is 1. The molecule has 0 heterocycles. The Bertz CT molecular complexity index is 642. The minimum absolute atomic E-state index is 0.0750. The SMILES string of the molecule is N#C[C@@]1(c2ccccc2)C[C@H]1C(=O)c1ccccc1. The minimum Gasteiger partial charge on any atom is -0.294 e. The van der Waals surface area contributed by atoms with E-state index in [-0.39, 0.29) is 11.7 Å². The second-order valence-corrected chi connectivity index (χ2v) is 4.94. The van der Waals surface area contributed by atoms with E-state index in [9.17, 15) is 10.1 Å². The Kier molecular flexibility index (Phi) is 2.68. The molecule has 92 valence electrons. The van der Waals surface area contributed by atoms with Gasteiger partial charge in [0.25, 0.3) is 0 Å². The van der Waals surface area contributed by atoms with E-state index in [1.807, 2.05) is 60.7 Å². The molecule has 0 aliphatic heterocycles. The lowest BCUT2D eigenvalue weighted by Crippen LogP contribution is -2.13. The highest BCUT2D eigenvalue weighted by molar-refractivity contribution is 6.01. The molecule has 2 nitrogen and oxygen atoms in total. The zero-order valence-electron chi connectivity index (χ0n) is 10.4. The molecule has 0 amide bonds. The summed E-state index contributed by atoms with van der Waals surface area (Å²) < 4.78 is 0. The predicted octanol–water partition coefficient (Wildman–Crippen LogP) is 3.35. The average Bonchev–Trinajstić information content (AvgIpc) is 3.24. The van der Waals surface area contributed by atoms with Gasteiger partial charge in [0.2, 0.25) is 0 Å². The van der Waals surface area contributed by atoms with Crippen molar-refractivity contribution in [2.45, 2.75) is 11.8 Å². The molecule has 2 atom stereocenters. The molecule has 0 aromatic heterocycles. The van der Waals surface area contributed by atoms with Gasteiger partial charge in [0.1, 0.15) is 0 Å². The van der Waals surface area contributed by atoms with Gasteiger partial charge in [-0.15, -0.1) is 0 Å². The molecule has 0 spiro atoms. The van der Waals surface area contributed by atoms with Crippen LogP contribution in [0.15, 0.2) is 60.7 Å². The Hall–Kier alpha value is -2.40. The average molecular weight is 247 g/mol. The fourth-order valence-electron chi connectivity index (χ4n) is 2.63. The van der Waals surface area contributed by atoms with Crippen LogP contribution in [0.4, 0.5) is 0 Å². The highest BCUT2D eigenvalue weighted by atomic mass is 16.1. The maximum Gasteiger partial charge on any atom is 0.167 e. The van der Waals surface area contributed by atoms with Crippen molar-refractivity contribution in [3.8, 4) is 6.07 Å². The number of Topliss-reactive ketones (excluding diaryl/α,β-unsaturated/α-hetero) is 1. The van der Waals surface area contributed by atoms with Crippen LogP contribution in [0, 0.1) is 17.2 Å². The third kappa shape index (κ3) is 1.84. The Morgan fingerprint density at radius 3 is 2.21 bits per heavy atom. The third-order valence-corrected chi connectivity index (χ3v) is 3.82. The maximum atomic E-state index is 12.4. The lowest BCUT2D eigenvalue weighted by atomic mass is 9.92. The van der Waals surface area contributed by atoms with Gasteiger partial charge in [0.15, 0.2) is 5.78 Å². The first kappa shape index (κ1) is 11.7. The van der Waals surface area contributed by atoms with E-state index >= 15 is 0 Å². The van der Waals surface area contributed by atoms with Crippen molar-refractivity contribution in [3.05, 3.63) is 71.8 Å². The van der Waals surface area contributed by atoms with Crippen molar-refractivity contribution in [1.82, 2.24) is 0 Å². The summed E-state index contributed by atoms with van der Waals surface area (Å²) in [6.07, 6.45) is 0.626. The summed E-state index contributed by atoms with van der Waals surface area (Å²) in [5.41, 5.74) is 1.03. The van der Waals surface area contributed by atoms with Crippen molar-refractivity contribution in [2.24, 2.45) is 5.92 Å². The number of rotatable bonds is 3. The number of nitrogens with zero attached hydrogens (tertiary/aromatic N) is 1. The monoisotopic (exact) mass is 247 g/mol. The first-order chi connectivity index (χ1) is 9.28. The summed E-state index contributed by atoms with van der Waals surface area (Å²) in [5.74, 6) is -0.131. The molecule has 1 saturated carbocycles. The standard InChI is InChI=1S/C17H13NO/c18-12-17(14-9-5-2-6-10-14)11-15(17)16(19)13-7-3-1-4-8-13/h1-10,15H,11H2/t15-,17+/m0/s1. The molecule has 2 aromatic carbocycles. The molecule has 19 heavy (non-hydrogen) atoms. The lowest BCUT2D eigenvalue weighted by molar-refractivity contribution is 0.0961. The molecule has 0 unspecified atom stereocenters. The van der Waals surface area contributed by atoms with E-state index in [0.717, 1.165) is 5.56 Å². The maximum absolute atomic E-state index is 12.4. The summed E-state index contributed by atoms with van der Waals surface area (Å²) in [6, 6.07) is 21.2. The normalized spacial score (nSPS) is 24.5. The quantitative estimate of drug-likeness (QED) is 0.780. The van der Waals surface area contributed by atoms with Crippen LogP contribution < -0.4 is 0 Å². The summed E-state index contributed by atoms with van der Waals surface area (Å²) in [5, 5.41) is 9.47. The molecule has 2 aromatic rings. The highest BCUT2D eigenvalue weighted by Gasteiger charge is 2.59. The molecule has 0 saturated heterocycles. The van der Waals surface area contributed by atoms with Crippen LogP contribution in [0.3, 0.4) is 0 Å². The van der Waals surface area contributed by atoms with E-state index in [0.29, 0.717) is 12.0 Å². The number of nitriles is 1. The third-order valence-electron chi connectivity index (χ3n) is 3.82. The molecule has 2 heteroatoms. The van der Waals surface area contributed by atoms with Crippen LogP contribution in [0.2, 0.25) is 0 Å². The molecule has 0 bridgehead atoms. The second kappa shape index (κ2) is 4.37. The van der Waals surface area contributed by atoms with Crippen LogP contribution in [0.1, 0.15) is 22.3 Å². The number of hydrogen-bond acceptors (Lipinski definition) is 2. The van der Waals surface area contributed by atoms with Crippen LogP contribution >= 0.6 is 0 Å². The molecular formula is C17H13NO. The smallest absolute Gasteiger partial charge is 0.167 e. The molecule has 1 fully saturated rings. The molecule has 0 radical (unpaired) electrons. The van der Waals surface area contributed by atoms with E-state index in [4.69, 9.17) is 0 Å². The number of benzene rings is 2. The Balaban J connectivity index is 1.91. The van der Waals surface area contributed by atoms with E-state index < -0.39 is 5.41 Å². The minimum atomic E-state index is -0.617. The van der Waals surface area contributed by atoms with E-state index in [2.05, 4.69) is 6.07 Å². The second-order valence-electron chi connectivity index (χ2n) is 4.94. The Morgan fingerprint density at radius 1 is 1.05 bits per heavy atom. The molecule has 3 rings (SSSR count). The van der Waals surface area contributed by atoms with Crippen LogP contribution in [-0.4, -0.2) is 5.78 Å². The lowest BCUT2D eigenvalue weighted by Gasteiger charge is -2.08. The largest absolute Gasteiger partial charge is 0.294 e. The van der Waals surface area contributed by atoms with Gasteiger partial charge in [-0.1, -0.05) is 60.7 Å². The Morgan fingerprint density at radius 2 is 1.63 bits per heavy atom. The fraction of sp³-hybridized carbons (Fsp3) is 0.176. The van der Waals surface area contributed by atoms with Gasteiger partial charge >= 0.3 is 0 Å². The molecular weight excluding hydrogens is 234 g/mol. The summed E-state index contributed by atoms with van der Waals surface area (Å²) in [4.78, 5) is 12.4. The first-order valence-corrected chi connectivity index (χ1v) is 6.34. The summed E-state index contributed by atoms with van der Waals surface area (Å²) in [7, 11) is 0. The molecule has 1 aliphatic carbocycles. The van der Waals surface area contributed by atoms with Gasteiger partial charge in [-0.3, -0.25) is 4.79 Å². The van der Waals surface area contributed by atoms with Crippen molar-refractivity contribution >= 4 is 5.78 Å². The van der Waals surface area contributed by atoms with Gasteiger partial charge in [-0.2, -0.15) is 5.26 Å². The van der Waals surface area contributed by atoms with Crippen LogP contribution in [0.25, 0.3) is 0 Å². The zero-order chi connectivity index (χ0) is 13.3. The van der Waals surface area contributed by atoms with Crippen molar-refractivity contribution < 1.29 is 4.79 Å². The highest BCUT2D eigenvalue weighted by Crippen LogP contribution is 2.55. The summed E-state index contributed by atoms with van der Waals surface area (Å²) in [6.45, 7) is 0.